The highest BCUT2D eigenvalue weighted by molar-refractivity contribution is 8.14. The van der Waals surface area contributed by atoms with Crippen LogP contribution in [0, 0.1) is 21.4 Å². The van der Waals surface area contributed by atoms with Crippen LogP contribution in [0.2, 0.25) is 0 Å². The normalized spacial score (nSPS) is 17.7. The van der Waals surface area contributed by atoms with E-state index in [9.17, 15) is 38.4 Å². The predicted octanol–water partition coefficient (Wildman–Crippen LogP) is 6.73. The Balaban J connectivity index is 0.000000438. The van der Waals surface area contributed by atoms with Crippen molar-refractivity contribution in [1.29, 1.82) is 0 Å². The van der Waals surface area contributed by atoms with Crippen molar-refractivity contribution in [1.82, 2.24) is 9.80 Å². The van der Waals surface area contributed by atoms with Crippen molar-refractivity contribution in [3.05, 3.63) is 40.5 Å². The van der Waals surface area contributed by atoms with Gasteiger partial charge in [0.15, 0.2) is 21.7 Å². The minimum atomic E-state index is -3.61. The molecular weight excluding hydrogens is 876 g/mol. The zero-order valence-corrected chi connectivity index (χ0v) is 38.2. The van der Waals surface area contributed by atoms with Crippen molar-refractivity contribution in [2.75, 3.05) is 100 Å². The molecule has 0 aliphatic carbocycles. The topological polar surface area (TPSA) is 244 Å². The molecule has 21 nitrogen and oxygen atoms in total. The first-order chi connectivity index (χ1) is 28.5. The van der Waals surface area contributed by atoms with Crippen molar-refractivity contribution in [3.8, 4) is 11.5 Å². The lowest BCUT2D eigenvalue weighted by molar-refractivity contribution is -0.385. The second-order valence-electron chi connectivity index (χ2n) is 13.0. The van der Waals surface area contributed by atoms with Gasteiger partial charge < -0.3 is 28.7 Å². The molecule has 0 N–H and O–H groups in total. The van der Waals surface area contributed by atoms with E-state index in [4.69, 9.17) is 28.0 Å². The largest absolute Gasteiger partial charge is 0.493 e. The van der Waals surface area contributed by atoms with Crippen LogP contribution in [0.5, 0.6) is 11.5 Å². The van der Waals surface area contributed by atoms with E-state index >= 15 is 0 Å². The van der Waals surface area contributed by atoms with Crippen LogP contribution in [0.25, 0.3) is 0 Å². The molecule has 2 atom stereocenters. The molecule has 0 spiro atoms. The highest BCUT2D eigenvalue weighted by Crippen LogP contribution is 2.48. The summed E-state index contributed by atoms with van der Waals surface area (Å²) in [5.74, 6) is 1.15. The van der Waals surface area contributed by atoms with E-state index in [-0.39, 0.29) is 84.2 Å². The van der Waals surface area contributed by atoms with Gasteiger partial charge in [-0.3, -0.25) is 46.8 Å². The number of rotatable bonds is 23. The maximum atomic E-state index is 12.7. The van der Waals surface area contributed by atoms with Crippen molar-refractivity contribution >= 4 is 67.3 Å². The number of thioether (sulfide) groups is 2. The van der Waals surface area contributed by atoms with Crippen LogP contribution in [0.15, 0.2) is 24.8 Å². The predicted molar refractivity (Wildman–Crippen MR) is 221 cm³/mol. The Kier molecular flexibility index (Phi) is 23.2. The molecule has 2 fully saturated rings. The number of hydrogen-bond acceptors (Lipinski definition) is 20. The van der Waals surface area contributed by atoms with Gasteiger partial charge in [-0.1, -0.05) is 36.2 Å². The first kappa shape index (κ1) is 52.9. The van der Waals surface area contributed by atoms with Gasteiger partial charge in [0.2, 0.25) is 0 Å². The lowest BCUT2D eigenvalue weighted by Gasteiger charge is -2.22. The van der Waals surface area contributed by atoms with Gasteiger partial charge in [-0.05, 0) is 38.7 Å². The van der Waals surface area contributed by atoms with Crippen molar-refractivity contribution in [2.24, 2.45) is 11.3 Å². The molecular formula is C35H55N3O18P2S2. The maximum absolute atomic E-state index is 12.7. The summed E-state index contributed by atoms with van der Waals surface area (Å²) < 4.78 is 72.8. The van der Waals surface area contributed by atoms with Crippen LogP contribution in [0.1, 0.15) is 38.2 Å². The molecule has 340 valence electrons. The fourth-order valence-electron chi connectivity index (χ4n) is 5.54. The third-order valence-electron chi connectivity index (χ3n) is 8.95. The Morgan fingerprint density at radius 2 is 1.47 bits per heavy atom. The van der Waals surface area contributed by atoms with Gasteiger partial charge in [0, 0.05) is 72.0 Å². The molecule has 1 aromatic rings. The quantitative estimate of drug-likeness (QED) is 0.0363. The maximum Gasteiger partial charge on any atom is 0.474 e. The van der Waals surface area contributed by atoms with Gasteiger partial charge in [0.1, 0.15) is 13.2 Å². The second-order valence-corrected chi connectivity index (χ2v) is 18.9. The molecule has 2 saturated heterocycles. The van der Waals surface area contributed by atoms with E-state index in [0.717, 1.165) is 18.2 Å². The molecule has 2 aliphatic heterocycles. The Hall–Kier alpha value is -3.24. The number of phosphoric ester groups is 2. The Bertz CT molecular complexity index is 1710. The zero-order chi connectivity index (χ0) is 44.9. The number of phosphoric acid groups is 2. The highest BCUT2D eigenvalue weighted by atomic mass is 32.2. The molecule has 0 radical (unpaired) electrons. The number of hydrogen-bond donors (Lipinski definition) is 0. The molecule has 1 aromatic carbocycles. The van der Waals surface area contributed by atoms with E-state index in [1.807, 2.05) is 0 Å². The summed E-state index contributed by atoms with van der Waals surface area (Å²) in [6.45, 7) is 6.59. The summed E-state index contributed by atoms with van der Waals surface area (Å²) in [7, 11) is 0.624. The van der Waals surface area contributed by atoms with Crippen molar-refractivity contribution in [3.63, 3.8) is 0 Å². The zero-order valence-electron chi connectivity index (χ0n) is 34.8. The van der Waals surface area contributed by atoms with E-state index in [1.54, 1.807) is 11.8 Å². The summed E-state index contributed by atoms with van der Waals surface area (Å²) in [5, 5.41) is 11.4. The lowest BCUT2D eigenvalue weighted by Crippen LogP contribution is -2.34. The van der Waals surface area contributed by atoms with Gasteiger partial charge in [-0.15, -0.1) is 0 Å². The van der Waals surface area contributed by atoms with Crippen molar-refractivity contribution in [2.45, 2.75) is 39.2 Å². The molecule has 0 saturated carbocycles. The number of methoxy groups -OCH3 is 2. The SMILES string of the molecule is C=CCOC(=O)N1CCC(C(=O)SCCCCOP(=O)(OC)OC)C1.COc1cc(COC(=O)N2CCC(C)(C(=O)SCCOP(=O)(OC)OC)C2)c([N+](=O)[O-])cc1OC. The van der Waals surface area contributed by atoms with Gasteiger partial charge in [-0.25, -0.2) is 18.7 Å². The fourth-order valence-corrected chi connectivity index (χ4v) is 8.89. The van der Waals surface area contributed by atoms with Gasteiger partial charge in [-0.2, -0.15) is 0 Å². The van der Waals surface area contributed by atoms with E-state index in [2.05, 4.69) is 24.7 Å². The number of amides is 2. The molecule has 0 bridgehead atoms. The molecule has 2 heterocycles. The summed E-state index contributed by atoms with van der Waals surface area (Å²) in [6.07, 6.45) is 2.86. The second kappa shape index (κ2) is 26.3. The number of likely N-dealkylation sites (tertiary alicyclic amines) is 2. The highest BCUT2D eigenvalue weighted by Gasteiger charge is 2.43. The third-order valence-corrected chi connectivity index (χ3v) is 14.0. The minimum Gasteiger partial charge on any atom is -0.493 e. The van der Waals surface area contributed by atoms with Crippen LogP contribution in [0.4, 0.5) is 15.3 Å². The minimum absolute atomic E-state index is 0.0265. The number of ether oxygens (including phenoxy) is 4. The van der Waals surface area contributed by atoms with E-state index in [0.29, 0.717) is 38.1 Å². The number of unbranched alkanes of at least 4 members (excludes halogenated alkanes) is 1. The molecule has 0 aromatic heterocycles. The Morgan fingerprint density at radius 1 is 0.867 bits per heavy atom. The number of benzene rings is 1. The number of nitrogens with zero attached hydrogens (tertiary/aromatic N) is 3. The van der Waals surface area contributed by atoms with Crippen LogP contribution in [-0.2, 0) is 61.9 Å². The van der Waals surface area contributed by atoms with Crippen LogP contribution >= 0.6 is 39.2 Å². The van der Waals surface area contributed by atoms with E-state index < -0.39 is 38.2 Å². The smallest absolute Gasteiger partial charge is 0.474 e. The molecule has 2 amide bonds. The summed E-state index contributed by atoms with van der Waals surface area (Å²) in [6, 6.07) is 2.58. The van der Waals surface area contributed by atoms with Gasteiger partial charge >= 0.3 is 27.8 Å². The van der Waals surface area contributed by atoms with Crippen LogP contribution in [0.3, 0.4) is 0 Å². The third kappa shape index (κ3) is 16.6. The number of nitro groups is 1. The number of carbonyl (C=O) groups excluding carboxylic acids is 4. The van der Waals surface area contributed by atoms with Crippen LogP contribution in [-0.4, -0.2) is 137 Å². The standard InChI is InChI=1S/C20H29N2O11PS.C15H26NO7PS/c1-20(18(23)35-9-8-33-34(27,30-4)31-5)6-7-21(13-20)19(24)32-12-14-10-16(28-2)17(29-3)11-15(14)22(25)26;1-4-9-22-15(18)16-8-7-13(12-16)14(17)25-11-6-5-10-23-24(19,20-2)21-3/h10-11H,6-9,12-13H2,1-5H3;4,13H,1,5-12H2,2-3H3. The molecule has 2 unspecified atom stereocenters. The average Bonchev–Trinajstić information content (AvgIpc) is 3.93. The molecule has 60 heavy (non-hydrogen) atoms. The molecule has 2 aliphatic rings. The lowest BCUT2D eigenvalue weighted by atomic mass is 9.92. The van der Waals surface area contributed by atoms with Crippen LogP contribution < -0.4 is 9.47 Å². The Morgan fingerprint density at radius 3 is 2.05 bits per heavy atom. The monoisotopic (exact) mass is 931 g/mol. The van der Waals surface area contributed by atoms with E-state index in [1.165, 1.54) is 77.5 Å². The fraction of sp³-hybridized carbons (Fsp3) is 0.657. The summed E-state index contributed by atoms with van der Waals surface area (Å²) >= 11 is 2.25. The van der Waals surface area contributed by atoms with Gasteiger partial charge in [0.05, 0.1) is 49.4 Å². The number of nitro benzene ring substituents is 1. The average molecular weight is 932 g/mol. The Labute approximate surface area is 358 Å². The first-order valence-electron chi connectivity index (χ1n) is 18.4. The molecule has 3 rings (SSSR count). The van der Waals surface area contributed by atoms with Crippen molar-refractivity contribution < 1.29 is 79.3 Å². The summed E-state index contributed by atoms with van der Waals surface area (Å²) in [5.41, 5.74) is -0.952. The summed E-state index contributed by atoms with van der Waals surface area (Å²) in [4.78, 5) is 63.0. The molecule has 25 heteroatoms. The van der Waals surface area contributed by atoms with Gasteiger partial charge in [0.25, 0.3) is 5.69 Å². The first-order valence-corrected chi connectivity index (χ1v) is 23.3. The number of carbonyl (C=O) groups is 4.